The molecule has 1 atom stereocenters. The highest BCUT2D eigenvalue weighted by molar-refractivity contribution is 7.91. The summed E-state index contributed by atoms with van der Waals surface area (Å²) in [6, 6.07) is 0. The Kier molecular flexibility index (Phi) is 4.26. The molecule has 5 nitrogen and oxygen atoms in total. The molecule has 0 aromatic heterocycles. The van der Waals surface area contributed by atoms with Crippen LogP contribution in [0.15, 0.2) is 0 Å². The quantitative estimate of drug-likeness (QED) is 0.752. The van der Waals surface area contributed by atoms with Crippen LogP contribution in [0.25, 0.3) is 0 Å². The minimum atomic E-state index is -4.52. The van der Waals surface area contributed by atoms with E-state index < -0.39 is 39.8 Å². The van der Waals surface area contributed by atoms with Crippen LogP contribution in [0.2, 0.25) is 0 Å². The van der Waals surface area contributed by atoms with Crippen molar-refractivity contribution < 1.29 is 31.1 Å². The van der Waals surface area contributed by atoms with Crippen molar-refractivity contribution in [3.05, 3.63) is 0 Å². The Morgan fingerprint density at radius 1 is 1.44 bits per heavy atom. The van der Waals surface area contributed by atoms with E-state index in [0.717, 1.165) is 0 Å². The van der Waals surface area contributed by atoms with Gasteiger partial charge in [0.25, 0.3) is 0 Å². The Hall–Kier alpha value is -0.830. The molecule has 0 bridgehead atoms. The summed E-state index contributed by atoms with van der Waals surface area (Å²) in [5.74, 6) is -1.93. The molecule has 18 heavy (non-hydrogen) atoms. The van der Waals surface area contributed by atoms with E-state index >= 15 is 0 Å². The summed E-state index contributed by atoms with van der Waals surface area (Å²) in [5, 5.41) is 2.00. The van der Waals surface area contributed by atoms with Crippen molar-refractivity contribution in [2.75, 3.05) is 24.7 Å². The predicted molar refractivity (Wildman–Crippen MR) is 56.7 cm³/mol. The van der Waals surface area contributed by atoms with E-state index in [4.69, 9.17) is 0 Å². The smallest absolute Gasteiger partial charge is 0.401 e. The fourth-order valence-corrected chi connectivity index (χ4v) is 3.68. The van der Waals surface area contributed by atoms with E-state index in [1.165, 1.54) is 6.92 Å². The molecule has 0 aromatic carbocycles. The van der Waals surface area contributed by atoms with Crippen LogP contribution < -0.4 is 5.32 Å². The van der Waals surface area contributed by atoms with Crippen molar-refractivity contribution in [1.82, 2.24) is 5.32 Å². The number of alkyl halides is 3. The summed E-state index contributed by atoms with van der Waals surface area (Å²) in [6.07, 6.45) is -4.73. The molecule has 1 aliphatic rings. The second-order valence-corrected chi connectivity index (χ2v) is 6.30. The maximum absolute atomic E-state index is 12.2. The minimum absolute atomic E-state index is 0.0195. The third-order valence-corrected chi connectivity index (χ3v) is 4.36. The molecule has 1 heterocycles. The molecule has 0 saturated carbocycles. The summed E-state index contributed by atoms with van der Waals surface area (Å²) in [5.41, 5.74) is -1.77. The van der Waals surface area contributed by atoms with Gasteiger partial charge in [-0.2, -0.15) is 13.2 Å². The highest BCUT2D eigenvalue weighted by Gasteiger charge is 2.50. The van der Waals surface area contributed by atoms with E-state index in [1.807, 2.05) is 5.32 Å². The number of ether oxygens (including phenoxy) is 1. The summed E-state index contributed by atoms with van der Waals surface area (Å²) in [6.45, 7) is 0.0501. The second-order valence-electron chi connectivity index (χ2n) is 4.11. The van der Waals surface area contributed by atoms with Crippen molar-refractivity contribution in [2.24, 2.45) is 0 Å². The van der Waals surface area contributed by atoms with Crippen molar-refractivity contribution in [3.8, 4) is 0 Å². The molecule has 0 aliphatic carbocycles. The molecular formula is C9H14F3NO4S. The Labute approximate surface area is 103 Å². The first kappa shape index (κ1) is 15.2. The first-order chi connectivity index (χ1) is 8.10. The van der Waals surface area contributed by atoms with Gasteiger partial charge < -0.3 is 4.74 Å². The SMILES string of the molecule is CCOC(=O)C1(NCC(F)(F)F)CCS(=O)(=O)C1. The van der Waals surface area contributed by atoms with Crippen LogP contribution in [0.1, 0.15) is 13.3 Å². The van der Waals surface area contributed by atoms with Crippen LogP contribution in [0.3, 0.4) is 0 Å². The molecule has 1 fully saturated rings. The number of hydrogen-bond donors (Lipinski definition) is 1. The van der Waals surface area contributed by atoms with E-state index in [-0.39, 0.29) is 18.8 Å². The molecule has 9 heteroatoms. The van der Waals surface area contributed by atoms with Crippen LogP contribution in [-0.2, 0) is 19.4 Å². The zero-order chi connectivity index (χ0) is 14.0. The third-order valence-electron chi connectivity index (χ3n) is 2.60. The maximum Gasteiger partial charge on any atom is 0.401 e. The van der Waals surface area contributed by atoms with Gasteiger partial charge in [-0.25, -0.2) is 8.42 Å². The van der Waals surface area contributed by atoms with Gasteiger partial charge in [0, 0.05) is 0 Å². The van der Waals surface area contributed by atoms with Gasteiger partial charge in [0.15, 0.2) is 9.84 Å². The van der Waals surface area contributed by atoms with E-state index in [0.29, 0.717) is 0 Å². The molecule has 0 spiro atoms. The molecule has 0 amide bonds. The first-order valence-corrected chi connectivity index (χ1v) is 7.12. The number of nitrogens with one attached hydrogen (secondary N) is 1. The monoisotopic (exact) mass is 289 g/mol. The topological polar surface area (TPSA) is 72.5 Å². The van der Waals surface area contributed by atoms with Crippen molar-refractivity contribution in [3.63, 3.8) is 0 Å². The number of esters is 1. The molecular weight excluding hydrogens is 275 g/mol. The fraction of sp³-hybridized carbons (Fsp3) is 0.889. The van der Waals surface area contributed by atoms with Crippen LogP contribution in [0.5, 0.6) is 0 Å². The Morgan fingerprint density at radius 2 is 2.06 bits per heavy atom. The average Bonchev–Trinajstić information content (AvgIpc) is 2.52. The van der Waals surface area contributed by atoms with Gasteiger partial charge in [0.1, 0.15) is 5.54 Å². The van der Waals surface area contributed by atoms with Gasteiger partial charge in [-0.3, -0.25) is 10.1 Å². The summed E-state index contributed by atoms with van der Waals surface area (Å²) >= 11 is 0. The lowest BCUT2D eigenvalue weighted by Crippen LogP contribution is -2.56. The first-order valence-electron chi connectivity index (χ1n) is 5.30. The molecule has 0 radical (unpaired) electrons. The zero-order valence-corrected chi connectivity index (χ0v) is 10.5. The van der Waals surface area contributed by atoms with Crippen molar-refractivity contribution in [2.45, 2.75) is 25.1 Å². The van der Waals surface area contributed by atoms with Crippen LogP contribution in [0, 0.1) is 0 Å². The zero-order valence-electron chi connectivity index (χ0n) is 9.71. The lowest BCUT2D eigenvalue weighted by atomic mass is 9.99. The normalized spacial score (nSPS) is 27.1. The Balaban J connectivity index is 2.86. The number of hydrogen-bond acceptors (Lipinski definition) is 5. The Morgan fingerprint density at radius 3 is 2.44 bits per heavy atom. The summed E-state index contributed by atoms with van der Waals surface area (Å²) in [4.78, 5) is 11.7. The number of carbonyl (C=O) groups excluding carboxylic acids is 1. The molecule has 1 aliphatic heterocycles. The molecule has 1 N–H and O–H groups in total. The minimum Gasteiger partial charge on any atom is -0.465 e. The molecule has 1 saturated heterocycles. The van der Waals surface area contributed by atoms with Crippen molar-refractivity contribution >= 4 is 15.8 Å². The van der Waals surface area contributed by atoms with Gasteiger partial charge in [0.05, 0.1) is 24.7 Å². The van der Waals surface area contributed by atoms with E-state index in [9.17, 15) is 26.4 Å². The number of rotatable bonds is 4. The maximum atomic E-state index is 12.2. The number of halogens is 3. The lowest BCUT2D eigenvalue weighted by molar-refractivity contribution is -0.154. The largest absolute Gasteiger partial charge is 0.465 e. The summed E-state index contributed by atoms with van der Waals surface area (Å²) in [7, 11) is -3.52. The van der Waals surface area contributed by atoms with Crippen LogP contribution >= 0.6 is 0 Å². The van der Waals surface area contributed by atoms with Gasteiger partial charge >= 0.3 is 12.1 Å². The van der Waals surface area contributed by atoms with Gasteiger partial charge in [-0.1, -0.05) is 0 Å². The molecule has 0 aromatic rings. The average molecular weight is 289 g/mol. The van der Waals surface area contributed by atoms with Gasteiger partial charge in [-0.05, 0) is 13.3 Å². The van der Waals surface area contributed by atoms with Gasteiger partial charge in [-0.15, -0.1) is 0 Å². The van der Waals surface area contributed by atoms with E-state index in [2.05, 4.69) is 4.74 Å². The highest BCUT2D eigenvalue weighted by atomic mass is 32.2. The summed E-state index contributed by atoms with van der Waals surface area (Å²) < 4.78 is 63.8. The van der Waals surface area contributed by atoms with Crippen LogP contribution in [0.4, 0.5) is 13.2 Å². The second kappa shape index (κ2) is 5.04. The Bertz CT molecular complexity index is 420. The standard InChI is InChI=1S/C9H14F3NO4S/c1-2-17-7(14)8(13-5-9(10,11)12)3-4-18(15,16)6-8/h13H,2-6H2,1H3. The number of sulfone groups is 1. The predicted octanol–water partition coefficient (Wildman–Crippen LogP) is 0.259. The lowest BCUT2D eigenvalue weighted by Gasteiger charge is -2.27. The van der Waals surface area contributed by atoms with E-state index in [1.54, 1.807) is 0 Å². The van der Waals surface area contributed by atoms with Crippen LogP contribution in [-0.4, -0.2) is 50.8 Å². The number of carbonyl (C=O) groups is 1. The third kappa shape index (κ3) is 3.84. The molecule has 1 unspecified atom stereocenters. The molecule has 1 rings (SSSR count). The highest BCUT2D eigenvalue weighted by Crippen LogP contribution is 2.26. The fourth-order valence-electron chi connectivity index (χ4n) is 1.76. The van der Waals surface area contributed by atoms with Crippen molar-refractivity contribution in [1.29, 1.82) is 0 Å². The molecule has 106 valence electrons. The van der Waals surface area contributed by atoms with Gasteiger partial charge in [0.2, 0.25) is 0 Å².